The minimum Gasteiger partial charge on any atom is -0.326 e. The molecule has 2 rings (SSSR count). The Balaban J connectivity index is 1.97. The molecular formula is C16H20N2O3S2. The number of sulfonamides is 1. The molecule has 1 aromatic carbocycles. The minimum atomic E-state index is -3.53. The highest BCUT2D eigenvalue weighted by molar-refractivity contribution is 7.89. The van der Waals surface area contributed by atoms with Gasteiger partial charge in [-0.3, -0.25) is 4.79 Å². The third-order valence-electron chi connectivity index (χ3n) is 3.44. The van der Waals surface area contributed by atoms with E-state index >= 15 is 0 Å². The van der Waals surface area contributed by atoms with Crippen molar-refractivity contribution in [2.75, 3.05) is 12.4 Å². The monoisotopic (exact) mass is 352 g/mol. The summed E-state index contributed by atoms with van der Waals surface area (Å²) in [5.74, 6) is -0.113. The van der Waals surface area contributed by atoms with Crippen molar-refractivity contribution in [1.29, 1.82) is 0 Å². The fourth-order valence-electron chi connectivity index (χ4n) is 2.18. The molecule has 2 N–H and O–H groups in total. The number of anilines is 1. The van der Waals surface area contributed by atoms with Crippen molar-refractivity contribution >= 4 is 33.0 Å². The molecular weight excluding hydrogens is 332 g/mol. The molecule has 0 radical (unpaired) electrons. The predicted molar refractivity (Wildman–Crippen MR) is 93.3 cm³/mol. The number of benzene rings is 1. The highest BCUT2D eigenvalue weighted by Crippen LogP contribution is 2.20. The average Bonchev–Trinajstić information content (AvgIpc) is 3.02. The number of rotatable bonds is 7. The van der Waals surface area contributed by atoms with Crippen LogP contribution in [0.2, 0.25) is 0 Å². The van der Waals surface area contributed by atoms with E-state index in [2.05, 4.69) is 16.1 Å². The highest BCUT2D eigenvalue weighted by Gasteiger charge is 2.15. The maximum absolute atomic E-state index is 12.0. The second kappa shape index (κ2) is 7.72. The summed E-state index contributed by atoms with van der Waals surface area (Å²) in [5.41, 5.74) is 1.13. The molecule has 0 saturated heterocycles. The zero-order valence-corrected chi connectivity index (χ0v) is 14.8. The van der Waals surface area contributed by atoms with E-state index in [0.717, 1.165) is 12.8 Å². The Labute approximate surface area is 140 Å². The number of thiophene rings is 1. The number of carbonyl (C=O) groups is 1. The molecule has 1 heterocycles. The Kier molecular flexibility index (Phi) is 5.92. The van der Waals surface area contributed by atoms with Gasteiger partial charge in [0.1, 0.15) is 0 Å². The van der Waals surface area contributed by atoms with Crippen molar-refractivity contribution in [3.8, 4) is 0 Å². The van der Waals surface area contributed by atoms with Gasteiger partial charge in [0.25, 0.3) is 0 Å². The van der Waals surface area contributed by atoms with E-state index < -0.39 is 10.0 Å². The average molecular weight is 352 g/mol. The SMILES string of the molecule is CNS(=O)(=O)c1cc(NC(=O)CCCc2cccs2)ccc1C. The van der Waals surface area contributed by atoms with Gasteiger partial charge in [-0.15, -0.1) is 11.3 Å². The van der Waals surface area contributed by atoms with Gasteiger partial charge in [-0.1, -0.05) is 12.1 Å². The maximum Gasteiger partial charge on any atom is 0.240 e. The van der Waals surface area contributed by atoms with Crippen LogP contribution in [0, 0.1) is 6.92 Å². The van der Waals surface area contributed by atoms with Crippen LogP contribution < -0.4 is 10.0 Å². The summed E-state index contributed by atoms with van der Waals surface area (Å²) in [6.45, 7) is 1.72. The van der Waals surface area contributed by atoms with Gasteiger partial charge in [0.15, 0.2) is 0 Å². The number of hydrogen-bond acceptors (Lipinski definition) is 4. The first kappa shape index (κ1) is 17.7. The maximum atomic E-state index is 12.0. The van der Waals surface area contributed by atoms with Gasteiger partial charge in [-0.2, -0.15) is 0 Å². The van der Waals surface area contributed by atoms with Gasteiger partial charge in [-0.25, -0.2) is 13.1 Å². The number of carbonyl (C=O) groups excluding carboxylic acids is 1. The molecule has 0 saturated carbocycles. The van der Waals surface area contributed by atoms with Crippen molar-refractivity contribution in [2.24, 2.45) is 0 Å². The topological polar surface area (TPSA) is 75.3 Å². The van der Waals surface area contributed by atoms with Crippen LogP contribution in [-0.2, 0) is 21.2 Å². The quantitative estimate of drug-likeness (QED) is 0.804. The van der Waals surface area contributed by atoms with Crippen molar-refractivity contribution in [2.45, 2.75) is 31.1 Å². The molecule has 0 bridgehead atoms. The van der Waals surface area contributed by atoms with Crippen molar-refractivity contribution in [1.82, 2.24) is 4.72 Å². The van der Waals surface area contributed by atoms with Crippen molar-refractivity contribution in [3.05, 3.63) is 46.2 Å². The number of aryl methyl sites for hydroxylation is 2. The fraction of sp³-hybridized carbons (Fsp3) is 0.312. The zero-order valence-electron chi connectivity index (χ0n) is 13.1. The van der Waals surface area contributed by atoms with E-state index in [0.29, 0.717) is 17.7 Å². The van der Waals surface area contributed by atoms with E-state index in [9.17, 15) is 13.2 Å². The second-order valence-corrected chi connectivity index (χ2v) is 8.06. The van der Waals surface area contributed by atoms with Crippen LogP contribution in [0.1, 0.15) is 23.3 Å². The molecule has 23 heavy (non-hydrogen) atoms. The summed E-state index contributed by atoms with van der Waals surface area (Å²) in [4.78, 5) is 13.4. The second-order valence-electron chi connectivity index (χ2n) is 5.17. The molecule has 1 aromatic heterocycles. The predicted octanol–water partition coefficient (Wildman–Crippen LogP) is 2.93. The van der Waals surface area contributed by atoms with Crippen molar-refractivity contribution in [3.63, 3.8) is 0 Å². The Morgan fingerprint density at radius 2 is 2.04 bits per heavy atom. The Bertz CT molecular complexity index is 769. The standard InChI is InChI=1S/C16H20N2O3S2/c1-12-8-9-13(11-15(12)23(20,21)17-2)18-16(19)7-3-5-14-6-4-10-22-14/h4,6,8-11,17H,3,5,7H2,1-2H3,(H,18,19). The van der Waals surface area contributed by atoms with Gasteiger partial charge in [0.2, 0.25) is 15.9 Å². The van der Waals surface area contributed by atoms with Gasteiger partial charge >= 0.3 is 0 Å². The van der Waals surface area contributed by atoms with E-state index in [1.54, 1.807) is 30.4 Å². The smallest absolute Gasteiger partial charge is 0.240 e. The fourth-order valence-corrected chi connectivity index (χ4v) is 3.92. The van der Waals surface area contributed by atoms with Crippen LogP contribution in [0.5, 0.6) is 0 Å². The van der Waals surface area contributed by atoms with E-state index in [4.69, 9.17) is 0 Å². The molecule has 0 atom stereocenters. The Morgan fingerprint density at radius 1 is 1.26 bits per heavy atom. The van der Waals surface area contributed by atoms with Crippen molar-refractivity contribution < 1.29 is 13.2 Å². The third kappa shape index (κ3) is 4.89. The van der Waals surface area contributed by atoms with Crippen LogP contribution in [0.15, 0.2) is 40.6 Å². The number of amides is 1. The summed E-state index contributed by atoms with van der Waals surface area (Å²) in [6, 6.07) is 8.93. The molecule has 124 valence electrons. The molecule has 0 aliphatic heterocycles. The summed E-state index contributed by atoms with van der Waals surface area (Å²) in [7, 11) is -2.17. The number of nitrogens with one attached hydrogen (secondary N) is 2. The Hall–Kier alpha value is -1.70. The molecule has 0 unspecified atom stereocenters. The minimum absolute atomic E-state index is 0.113. The molecule has 0 aliphatic carbocycles. The third-order valence-corrected chi connectivity index (χ3v) is 5.93. The van der Waals surface area contributed by atoms with Gasteiger partial charge < -0.3 is 5.32 Å². The largest absolute Gasteiger partial charge is 0.326 e. The lowest BCUT2D eigenvalue weighted by molar-refractivity contribution is -0.116. The number of hydrogen-bond donors (Lipinski definition) is 2. The van der Waals surface area contributed by atoms with Gasteiger partial charge in [0, 0.05) is 17.0 Å². The molecule has 7 heteroatoms. The van der Waals surface area contributed by atoms with Gasteiger partial charge in [0.05, 0.1) is 4.90 Å². The van der Waals surface area contributed by atoms with Crippen LogP contribution in [-0.4, -0.2) is 21.4 Å². The molecule has 5 nitrogen and oxygen atoms in total. The lowest BCUT2D eigenvalue weighted by atomic mass is 10.2. The lowest BCUT2D eigenvalue weighted by Gasteiger charge is -2.10. The molecule has 0 fully saturated rings. The first-order valence-electron chi connectivity index (χ1n) is 7.29. The molecule has 0 aliphatic rings. The summed E-state index contributed by atoms with van der Waals surface area (Å²) in [6.07, 6.45) is 2.04. The summed E-state index contributed by atoms with van der Waals surface area (Å²) >= 11 is 1.68. The van der Waals surface area contributed by atoms with E-state index in [-0.39, 0.29) is 10.8 Å². The highest BCUT2D eigenvalue weighted by atomic mass is 32.2. The normalized spacial score (nSPS) is 11.4. The first-order chi connectivity index (χ1) is 10.9. The van der Waals surface area contributed by atoms with Crippen LogP contribution >= 0.6 is 11.3 Å². The van der Waals surface area contributed by atoms with Crippen LogP contribution in [0.25, 0.3) is 0 Å². The molecule has 0 spiro atoms. The molecule has 2 aromatic rings. The van der Waals surface area contributed by atoms with Gasteiger partial charge in [-0.05, 0) is 56.0 Å². The zero-order chi connectivity index (χ0) is 16.9. The van der Waals surface area contributed by atoms with E-state index in [1.165, 1.54) is 18.0 Å². The lowest BCUT2D eigenvalue weighted by Crippen LogP contribution is -2.20. The van der Waals surface area contributed by atoms with Crippen LogP contribution in [0.3, 0.4) is 0 Å². The van der Waals surface area contributed by atoms with Crippen LogP contribution in [0.4, 0.5) is 5.69 Å². The molecule has 1 amide bonds. The first-order valence-corrected chi connectivity index (χ1v) is 9.65. The van der Waals surface area contributed by atoms with E-state index in [1.807, 2.05) is 11.4 Å². The Morgan fingerprint density at radius 3 is 2.70 bits per heavy atom. The summed E-state index contributed by atoms with van der Waals surface area (Å²) in [5, 5.41) is 4.78. The summed E-state index contributed by atoms with van der Waals surface area (Å²) < 4.78 is 26.2.